The summed E-state index contributed by atoms with van der Waals surface area (Å²) in [4.78, 5) is 47.9. The average Bonchev–Trinajstić information content (AvgIpc) is 3.67. The normalized spacial score (nSPS) is 16.2. The number of piperidine rings is 1. The van der Waals surface area contributed by atoms with Gasteiger partial charge in [-0.15, -0.1) is 0 Å². The first-order valence-electron chi connectivity index (χ1n) is 11.9. The highest BCUT2D eigenvalue weighted by molar-refractivity contribution is 6.11. The smallest absolute Gasteiger partial charge is 0.329 e. The lowest BCUT2D eigenvalue weighted by Crippen LogP contribution is -2.32. The van der Waals surface area contributed by atoms with Crippen LogP contribution in [0.4, 0.5) is 11.4 Å². The number of carbonyl (C=O) groups excluding carboxylic acids is 1. The standard InChI is InChI=1S/C25H29N5O3/c1-2-12-30-22-21(24(32)28-25(30)33)19(15-20(27-22)16-6-7-16)23(31)26-17-8-10-18(11-9-17)29-13-4-3-5-14-29/h8-11,15-16H,2-7,12-14H2,1H3,(H,26,31)(H,28,32,33). The van der Waals surface area contributed by atoms with Crippen molar-refractivity contribution in [1.82, 2.24) is 14.5 Å². The highest BCUT2D eigenvalue weighted by Crippen LogP contribution is 2.40. The minimum absolute atomic E-state index is 0.162. The molecule has 3 aromatic rings. The molecule has 8 nitrogen and oxygen atoms in total. The number of nitrogens with zero attached hydrogens (tertiary/aromatic N) is 3. The minimum Gasteiger partial charge on any atom is -0.372 e. The maximum atomic E-state index is 13.3. The summed E-state index contributed by atoms with van der Waals surface area (Å²) in [5.74, 6) is -0.100. The number of aryl methyl sites for hydroxylation is 1. The third-order valence-corrected chi connectivity index (χ3v) is 6.50. The number of fused-ring (bicyclic) bond motifs is 1. The van der Waals surface area contributed by atoms with Crippen LogP contribution in [0.5, 0.6) is 0 Å². The molecule has 172 valence electrons. The quantitative estimate of drug-likeness (QED) is 0.601. The Hall–Kier alpha value is -3.42. The highest BCUT2D eigenvalue weighted by atomic mass is 16.2. The molecule has 1 aliphatic heterocycles. The fraction of sp³-hybridized carbons (Fsp3) is 0.440. The molecule has 0 spiro atoms. The van der Waals surface area contributed by atoms with Gasteiger partial charge in [-0.3, -0.25) is 19.1 Å². The number of nitrogens with one attached hydrogen (secondary N) is 2. The van der Waals surface area contributed by atoms with E-state index in [4.69, 9.17) is 0 Å². The van der Waals surface area contributed by atoms with Gasteiger partial charge in [-0.2, -0.15) is 0 Å². The van der Waals surface area contributed by atoms with Crippen molar-refractivity contribution in [3.63, 3.8) is 0 Å². The number of pyridine rings is 1. The van der Waals surface area contributed by atoms with Crippen molar-refractivity contribution in [2.75, 3.05) is 23.3 Å². The molecule has 2 aliphatic rings. The minimum atomic E-state index is -0.581. The summed E-state index contributed by atoms with van der Waals surface area (Å²) in [6, 6.07) is 9.54. The number of rotatable bonds is 6. The van der Waals surface area contributed by atoms with Crippen molar-refractivity contribution in [2.45, 2.75) is 57.9 Å². The van der Waals surface area contributed by atoms with E-state index in [1.165, 1.54) is 23.8 Å². The molecule has 1 saturated carbocycles. The van der Waals surface area contributed by atoms with Gasteiger partial charge in [0.15, 0.2) is 5.65 Å². The molecule has 1 amide bonds. The molecule has 0 radical (unpaired) electrons. The highest BCUT2D eigenvalue weighted by Gasteiger charge is 2.28. The molecule has 0 atom stereocenters. The molecule has 1 aromatic carbocycles. The van der Waals surface area contributed by atoms with Crippen molar-refractivity contribution in [2.24, 2.45) is 0 Å². The van der Waals surface area contributed by atoms with Crippen LogP contribution < -0.4 is 21.5 Å². The van der Waals surface area contributed by atoms with Crippen LogP contribution in [0.1, 0.15) is 67.4 Å². The molecule has 1 aliphatic carbocycles. The molecular weight excluding hydrogens is 418 g/mol. The first-order valence-corrected chi connectivity index (χ1v) is 11.9. The molecule has 0 bridgehead atoms. The Morgan fingerprint density at radius 3 is 2.52 bits per heavy atom. The number of benzene rings is 1. The summed E-state index contributed by atoms with van der Waals surface area (Å²) in [5, 5.41) is 3.10. The second-order valence-electron chi connectivity index (χ2n) is 9.03. The number of hydrogen-bond acceptors (Lipinski definition) is 5. The lowest BCUT2D eigenvalue weighted by molar-refractivity contribution is 0.102. The summed E-state index contributed by atoms with van der Waals surface area (Å²) < 4.78 is 1.47. The van der Waals surface area contributed by atoms with Crippen molar-refractivity contribution in [3.05, 3.63) is 62.4 Å². The summed E-state index contributed by atoms with van der Waals surface area (Å²) >= 11 is 0. The molecule has 1 saturated heterocycles. The van der Waals surface area contributed by atoms with E-state index in [0.29, 0.717) is 24.3 Å². The van der Waals surface area contributed by atoms with Crippen LogP contribution in [0.25, 0.3) is 11.0 Å². The van der Waals surface area contributed by atoms with Crippen LogP contribution in [0.3, 0.4) is 0 Å². The lowest BCUT2D eigenvalue weighted by Gasteiger charge is -2.28. The zero-order valence-electron chi connectivity index (χ0n) is 18.9. The van der Waals surface area contributed by atoms with Crippen molar-refractivity contribution in [1.29, 1.82) is 0 Å². The number of carbonyl (C=O) groups is 1. The Morgan fingerprint density at radius 1 is 1.12 bits per heavy atom. The molecule has 8 heteroatoms. The van der Waals surface area contributed by atoms with E-state index in [1.807, 2.05) is 31.2 Å². The van der Waals surface area contributed by atoms with Gasteiger partial charge in [0.2, 0.25) is 0 Å². The second-order valence-corrected chi connectivity index (χ2v) is 9.03. The monoisotopic (exact) mass is 447 g/mol. The number of H-pyrrole nitrogens is 1. The Bertz CT molecular complexity index is 1300. The largest absolute Gasteiger partial charge is 0.372 e. The fourth-order valence-electron chi connectivity index (χ4n) is 4.60. The van der Waals surface area contributed by atoms with Crippen LogP contribution >= 0.6 is 0 Å². The number of anilines is 2. The topological polar surface area (TPSA) is 100 Å². The van der Waals surface area contributed by atoms with E-state index in [2.05, 4.69) is 20.2 Å². The van der Waals surface area contributed by atoms with E-state index in [-0.39, 0.29) is 22.8 Å². The van der Waals surface area contributed by atoms with Crippen LogP contribution in [-0.2, 0) is 6.54 Å². The predicted molar refractivity (Wildman–Crippen MR) is 129 cm³/mol. The molecule has 2 aromatic heterocycles. The number of aromatic amines is 1. The summed E-state index contributed by atoms with van der Waals surface area (Å²) in [6.07, 6.45) is 6.39. The van der Waals surface area contributed by atoms with Crippen LogP contribution in [0.15, 0.2) is 39.9 Å². The van der Waals surface area contributed by atoms with Gasteiger partial charge in [-0.05, 0) is 68.9 Å². The fourth-order valence-corrected chi connectivity index (χ4v) is 4.60. The van der Waals surface area contributed by atoms with Crippen molar-refractivity contribution >= 4 is 28.3 Å². The zero-order chi connectivity index (χ0) is 22.9. The average molecular weight is 448 g/mol. The third-order valence-electron chi connectivity index (χ3n) is 6.50. The Labute approximate surface area is 191 Å². The number of amides is 1. The van der Waals surface area contributed by atoms with E-state index in [1.54, 1.807) is 6.07 Å². The first kappa shape index (κ1) is 21.4. The summed E-state index contributed by atoms with van der Waals surface area (Å²) in [6.45, 7) is 4.49. The van der Waals surface area contributed by atoms with Crippen molar-refractivity contribution in [3.8, 4) is 0 Å². The maximum Gasteiger partial charge on any atom is 0.329 e. The molecule has 0 unspecified atom stereocenters. The number of hydrogen-bond donors (Lipinski definition) is 2. The molecule has 2 N–H and O–H groups in total. The molecule has 33 heavy (non-hydrogen) atoms. The third kappa shape index (κ3) is 4.29. The van der Waals surface area contributed by atoms with Gasteiger partial charge in [-0.25, -0.2) is 9.78 Å². The van der Waals surface area contributed by atoms with Crippen LogP contribution in [0, 0.1) is 0 Å². The van der Waals surface area contributed by atoms with Gasteiger partial charge in [-0.1, -0.05) is 6.92 Å². The van der Waals surface area contributed by atoms with E-state index in [0.717, 1.165) is 37.3 Å². The van der Waals surface area contributed by atoms with Gasteiger partial charge in [0.05, 0.1) is 10.9 Å². The van der Waals surface area contributed by atoms with Gasteiger partial charge < -0.3 is 10.2 Å². The summed E-state index contributed by atoms with van der Waals surface area (Å²) in [7, 11) is 0. The summed E-state index contributed by atoms with van der Waals surface area (Å²) in [5.41, 5.74) is 2.06. The Morgan fingerprint density at radius 2 is 1.85 bits per heavy atom. The van der Waals surface area contributed by atoms with E-state index in [9.17, 15) is 14.4 Å². The van der Waals surface area contributed by atoms with Gasteiger partial charge in [0.1, 0.15) is 0 Å². The van der Waals surface area contributed by atoms with Crippen LogP contribution in [-0.4, -0.2) is 33.5 Å². The first-order chi connectivity index (χ1) is 16.0. The molecule has 5 rings (SSSR count). The van der Waals surface area contributed by atoms with Gasteiger partial charge in [0.25, 0.3) is 11.5 Å². The van der Waals surface area contributed by atoms with Gasteiger partial charge >= 0.3 is 5.69 Å². The molecule has 2 fully saturated rings. The predicted octanol–water partition coefficient (Wildman–Crippen LogP) is 3.61. The van der Waals surface area contributed by atoms with E-state index >= 15 is 0 Å². The lowest BCUT2D eigenvalue weighted by atomic mass is 10.1. The SMILES string of the molecule is CCCn1c(=O)[nH]c(=O)c2c(C(=O)Nc3ccc(N4CCCCC4)cc3)cc(C3CC3)nc21. The second kappa shape index (κ2) is 8.84. The van der Waals surface area contributed by atoms with Gasteiger partial charge in [0, 0.05) is 42.6 Å². The van der Waals surface area contributed by atoms with Crippen molar-refractivity contribution < 1.29 is 4.79 Å². The Kier molecular flexibility index (Phi) is 5.74. The molecule has 3 heterocycles. The van der Waals surface area contributed by atoms with E-state index < -0.39 is 11.2 Å². The number of aromatic nitrogens is 3. The Balaban J connectivity index is 1.51. The molecular formula is C25H29N5O3. The van der Waals surface area contributed by atoms with Crippen LogP contribution in [0.2, 0.25) is 0 Å². The zero-order valence-corrected chi connectivity index (χ0v) is 18.9. The maximum absolute atomic E-state index is 13.3.